The molecule has 13 fully saturated rings. The molecule has 0 aromatic carbocycles. The summed E-state index contributed by atoms with van der Waals surface area (Å²) in [6.07, 6.45) is 19.0. The van der Waals surface area contributed by atoms with Crippen LogP contribution in [0.4, 0.5) is 0 Å². The number of cyclic esters (lactones) is 2. The van der Waals surface area contributed by atoms with Crippen molar-refractivity contribution in [1.82, 2.24) is 10.2 Å². The number of carbonyl (C=O) groups is 3. The molecule has 4 N–H and O–H groups in total. The van der Waals surface area contributed by atoms with Gasteiger partial charge in [0.15, 0.2) is 11.9 Å². The molecule has 8 aliphatic carbocycles. The lowest BCUT2D eigenvalue weighted by Crippen LogP contribution is -2.80. The summed E-state index contributed by atoms with van der Waals surface area (Å²) in [6.45, 7) is 10.5. The average molecular weight is 1000 g/mol. The van der Waals surface area contributed by atoms with Crippen LogP contribution in [0.3, 0.4) is 0 Å². The quantitative estimate of drug-likeness (QED) is 0.127. The number of furan rings is 1. The molecule has 1 aromatic rings. The van der Waals surface area contributed by atoms with Crippen LogP contribution >= 0.6 is 0 Å². The lowest BCUT2D eigenvalue weighted by molar-refractivity contribution is -0.281. The predicted octanol–water partition coefficient (Wildman–Crippen LogP) is 6.83. The molecule has 5 bridgehead atoms. The minimum Gasteiger partial charge on any atom is -0.469 e. The van der Waals surface area contributed by atoms with E-state index in [-0.39, 0.29) is 60.5 Å². The molecule has 0 unspecified atom stereocenters. The molecule has 26 atom stereocenters. The average Bonchev–Trinajstić information content (AvgIpc) is 4.08. The van der Waals surface area contributed by atoms with E-state index in [2.05, 4.69) is 56.3 Å². The molecule has 16 rings (SSSR count). The van der Waals surface area contributed by atoms with Crippen LogP contribution < -0.4 is 5.32 Å². The fourth-order valence-corrected chi connectivity index (χ4v) is 24.3. The third-order valence-corrected chi connectivity index (χ3v) is 26.5. The van der Waals surface area contributed by atoms with Gasteiger partial charge in [-0.1, -0.05) is 52.2 Å². The van der Waals surface area contributed by atoms with Crippen LogP contribution in [0.15, 0.2) is 40.7 Å². The number of hydrogen-bond acceptors (Lipinski definition) is 13. The molecule has 73 heavy (non-hydrogen) atoms. The zero-order chi connectivity index (χ0) is 49.7. The molecule has 394 valence electrons. The van der Waals surface area contributed by atoms with Gasteiger partial charge >= 0.3 is 11.9 Å². The number of ketones is 1. The van der Waals surface area contributed by atoms with Crippen molar-refractivity contribution in [3.8, 4) is 0 Å². The zero-order valence-electron chi connectivity index (χ0n) is 43.3. The number of aliphatic hydroxyl groups is 3. The van der Waals surface area contributed by atoms with Gasteiger partial charge < -0.3 is 43.6 Å². The van der Waals surface area contributed by atoms with Gasteiger partial charge in [-0.15, -0.1) is 0 Å². The topological polar surface area (TPSA) is 181 Å². The van der Waals surface area contributed by atoms with Gasteiger partial charge in [0.25, 0.3) is 0 Å². The molecule has 0 radical (unpaired) electrons. The molecule has 13 heteroatoms. The lowest BCUT2D eigenvalue weighted by atomic mass is 9.32. The first-order valence-corrected chi connectivity index (χ1v) is 29.3. The van der Waals surface area contributed by atoms with Gasteiger partial charge in [-0.05, 0) is 166 Å². The van der Waals surface area contributed by atoms with Gasteiger partial charge in [-0.3, -0.25) is 14.9 Å². The second-order valence-electron chi connectivity index (χ2n) is 28.3. The lowest BCUT2D eigenvalue weighted by Gasteiger charge is -2.70. The Morgan fingerprint density at radius 1 is 0.932 bits per heavy atom. The van der Waals surface area contributed by atoms with Crippen molar-refractivity contribution >= 4 is 17.7 Å². The van der Waals surface area contributed by atoms with Gasteiger partial charge in [-0.2, -0.15) is 0 Å². The van der Waals surface area contributed by atoms with Crippen LogP contribution in [0.25, 0.3) is 0 Å². The highest BCUT2D eigenvalue weighted by Crippen LogP contribution is 2.89. The third-order valence-electron chi connectivity index (χ3n) is 26.5. The van der Waals surface area contributed by atoms with Crippen LogP contribution in [0.1, 0.15) is 135 Å². The van der Waals surface area contributed by atoms with Crippen LogP contribution in [-0.4, -0.2) is 106 Å². The summed E-state index contributed by atoms with van der Waals surface area (Å²) in [5.41, 5.74) is -5.08. The van der Waals surface area contributed by atoms with Crippen LogP contribution in [-0.2, 0) is 39.8 Å². The number of allylic oxidation sites excluding steroid dienone is 1. The van der Waals surface area contributed by atoms with Gasteiger partial charge in [0, 0.05) is 41.3 Å². The number of carbonyl (C=O) groups excluding carboxylic acids is 3. The Kier molecular flexibility index (Phi) is 9.30. The normalized spacial score (nSPS) is 56.7. The van der Waals surface area contributed by atoms with E-state index < -0.39 is 80.7 Å². The Morgan fingerprint density at radius 3 is 2.63 bits per heavy atom. The van der Waals surface area contributed by atoms with Crippen molar-refractivity contribution in [3.63, 3.8) is 0 Å². The first-order valence-electron chi connectivity index (χ1n) is 29.3. The minimum atomic E-state index is -1.48. The van der Waals surface area contributed by atoms with E-state index in [0.717, 1.165) is 82.5 Å². The molecule has 8 heterocycles. The Labute approximate surface area is 429 Å². The van der Waals surface area contributed by atoms with Crippen LogP contribution in [0.2, 0.25) is 0 Å². The second kappa shape index (κ2) is 14.7. The molecule has 0 amide bonds. The number of Topliss-reactive ketones (excluding diaryl/α,β-unsaturated/α-hetero) is 1. The van der Waals surface area contributed by atoms with Crippen molar-refractivity contribution in [2.75, 3.05) is 26.4 Å². The summed E-state index contributed by atoms with van der Waals surface area (Å²) < 4.78 is 35.3. The van der Waals surface area contributed by atoms with Gasteiger partial charge in [0.2, 0.25) is 0 Å². The van der Waals surface area contributed by atoms with Gasteiger partial charge in [0.05, 0.1) is 48.5 Å². The maximum Gasteiger partial charge on any atom is 0.339 e. The first-order chi connectivity index (χ1) is 35.1. The molecule has 4 spiro atoms. The molecular weight excluding hydrogens is 925 g/mol. The van der Waals surface area contributed by atoms with E-state index in [1.807, 2.05) is 6.07 Å². The van der Waals surface area contributed by atoms with Crippen LogP contribution in [0, 0.1) is 105 Å². The number of ether oxygens (including phenoxy) is 4. The fraction of sp³-hybridized carbons (Fsp3) is 0.817. The molecule has 13 nitrogen and oxygen atoms in total. The minimum absolute atomic E-state index is 0.0493. The molecule has 8 saturated carbocycles. The SMILES string of the molecule is C[C@@H]1[C@@H]2CCC[C@@H]2CC[C@H]1[C@H]1C=C2C[C@H]3CCC[C@]34C[C@@H]3C[C@@]5(C)[C@H](c6ccoc6C[C@@H]([C@@H]6CC[C@H]7[C@H](C=CN8CNC[C@@H]78)C6)[C@H](O)CO)OC(=O)[C@H]6O[C@]65[C@]5(C)[C@H](O)C(=O)[C@@H]6[C@@]1(C)O[C@]21[C@H]4C(=O)OC[C@@]61[C@@H]35. The molecule has 1 aromatic heterocycles. The van der Waals surface area contributed by atoms with E-state index in [0.29, 0.717) is 54.2 Å². The van der Waals surface area contributed by atoms with E-state index in [1.54, 1.807) is 6.26 Å². The van der Waals surface area contributed by atoms with Crippen molar-refractivity contribution in [2.24, 2.45) is 105 Å². The molecule has 7 aliphatic heterocycles. The highest BCUT2D eigenvalue weighted by molar-refractivity contribution is 5.94. The Bertz CT molecular complexity index is 2650. The first kappa shape index (κ1) is 46.1. The number of aliphatic hydroxyl groups excluding tert-OH is 3. The van der Waals surface area contributed by atoms with E-state index in [1.165, 1.54) is 31.3 Å². The fourth-order valence-electron chi connectivity index (χ4n) is 24.3. The maximum absolute atomic E-state index is 16.5. The molecule has 5 saturated heterocycles. The molecule has 15 aliphatic rings. The highest BCUT2D eigenvalue weighted by Gasteiger charge is 2.97. The predicted molar refractivity (Wildman–Crippen MR) is 262 cm³/mol. The maximum atomic E-state index is 16.5. The second-order valence-corrected chi connectivity index (χ2v) is 28.3. The van der Waals surface area contributed by atoms with Crippen molar-refractivity contribution in [1.29, 1.82) is 0 Å². The number of nitrogens with one attached hydrogen (secondary N) is 1. The summed E-state index contributed by atoms with van der Waals surface area (Å²) >= 11 is 0. The number of esters is 2. The number of nitrogens with zero attached hydrogens (tertiary/aromatic N) is 1. The van der Waals surface area contributed by atoms with E-state index in [4.69, 9.17) is 23.4 Å². The number of epoxide rings is 1. The van der Waals surface area contributed by atoms with Crippen molar-refractivity contribution in [2.45, 2.75) is 171 Å². The Balaban J connectivity index is 0.825. The van der Waals surface area contributed by atoms with Crippen LogP contribution in [0.5, 0.6) is 0 Å². The summed E-state index contributed by atoms with van der Waals surface area (Å²) in [4.78, 5) is 49.0. The monoisotopic (exact) mass is 1000 g/mol. The smallest absolute Gasteiger partial charge is 0.339 e. The zero-order valence-corrected chi connectivity index (χ0v) is 43.3. The Hall–Kier alpha value is -3.07. The molecular formula is C60H78N2O11. The Morgan fingerprint density at radius 2 is 1.78 bits per heavy atom. The summed E-state index contributed by atoms with van der Waals surface area (Å²) in [5.74, 6) is 1.02. The van der Waals surface area contributed by atoms with E-state index >= 15 is 9.59 Å². The van der Waals surface area contributed by atoms with E-state index in [9.17, 15) is 20.1 Å². The summed E-state index contributed by atoms with van der Waals surface area (Å²) in [5, 5.41) is 39.5. The van der Waals surface area contributed by atoms with Crippen molar-refractivity contribution < 1.29 is 53.1 Å². The standard InChI is InChI=1S/C60H78N2O11/c1-29-36-9-5-7-30(36)10-12-37(29)41-21-35-20-34-8-6-16-57(34)24-33-23-54(2)50(39-15-18-69-44(39)22-40(43(64)26-63)31-11-13-38-32(19-31)14-17-62-28-61-25-42(38)62)71-53(68)51-60(54,72-51)55(3)46(33)58-27-70-52(67)48(57)59(35,58)73-56(41,4)47(58)45(65)49(55)66/h14-15,17-18,21,29-34,36-38,40-43,46-51,61,63-64,66H,5-13,16,19-20,22-28H2,1-4H3/t29-,30-,31-,32-,33+,34-,36+,37-,38+,40+,41-,42+,43-,46+,47-,48+,49-,50+,51-,54+,55+,56+,57+,58-,59+,60-/m1/s1. The number of rotatable bonds is 7. The summed E-state index contributed by atoms with van der Waals surface area (Å²) in [6, 6.07) is 2.39. The van der Waals surface area contributed by atoms with Crippen molar-refractivity contribution in [3.05, 3.63) is 47.6 Å². The van der Waals surface area contributed by atoms with Gasteiger partial charge in [0.1, 0.15) is 35.8 Å². The highest BCUT2D eigenvalue weighted by atomic mass is 16.7. The number of hydrogen-bond donors (Lipinski definition) is 4. The number of fused-ring (bicyclic) bond motifs is 6. The van der Waals surface area contributed by atoms with Gasteiger partial charge in [-0.25, -0.2) is 4.79 Å². The largest absolute Gasteiger partial charge is 0.469 e. The third kappa shape index (κ3) is 5.06. The summed E-state index contributed by atoms with van der Waals surface area (Å²) in [7, 11) is 0.